The molecule has 2 amide bonds. The zero-order chi connectivity index (χ0) is 16.5. The number of esters is 1. The fourth-order valence-electron chi connectivity index (χ4n) is 1.52. The van der Waals surface area contributed by atoms with Crippen LogP contribution in [0.3, 0.4) is 0 Å². The van der Waals surface area contributed by atoms with Crippen molar-refractivity contribution in [2.45, 2.75) is 19.8 Å². The predicted octanol–water partition coefficient (Wildman–Crippen LogP) is 1.40. The van der Waals surface area contributed by atoms with Crippen molar-refractivity contribution in [2.75, 3.05) is 13.7 Å². The number of hydrogen-bond acceptors (Lipinski definition) is 5. The van der Waals surface area contributed by atoms with Crippen LogP contribution in [0.5, 0.6) is 5.75 Å². The number of halogens is 1. The maximum absolute atomic E-state index is 11.9. The van der Waals surface area contributed by atoms with Gasteiger partial charge in [0.25, 0.3) is 5.91 Å². The first-order valence-corrected chi connectivity index (χ1v) is 7.64. The van der Waals surface area contributed by atoms with Crippen molar-refractivity contribution in [3.05, 3.63) is 27.3 Å². The summed E-state index contributed by atoms with van der Waals surface area (Å²) in [6.45, 7) is 1.96. The number of hydrogen-bond donors (Lipinski definition) is 2. The summed E-state index contributed by atoms with van der Waals surface area (Å²) in [5.74, 6) is -0.709. The Labute approximate surface area is 141 Å². The molecule has 0 radical (unpaired) electrons. The zero-order valence-corrected chi connectivity index (χ0v) is 14.4. The Morgan fingerprint density at radius 1 is 1.18 bits per heavy atom. The van der Waals surface area contributed by atoms with Crippen LogP contribution >= 0.6 is 22.6 Å². The lowest BCUT2D eigenvalue weighted by atomic mass is 10.2. The van der Waals surface area contributed by atoms with Gasteiger partial charge in [-0.25, -0.2) is 0 Å². The van der Waals surface area contributed by atoms with Gasteiger partial charge in [-0.15, -0.1) is 0 Å². The molecule has 0 saturated carbocycles. The maximum Gasteiger partial charge on any atom is 0.306 e. The molecule has 0 saturated heterocycles. The number of nitrogens with one attached hydrogen (secondary N) is 2. The molecule has 22 heavy (non-hydrogen) atoms. The van der Waals surface area contributed by atoms with Crippen LogP contribution in [0.4, 0.5) is 0 Å². The van der Waals surface area contributed by atoms with Gasteiger partial charge in [0, 0.05) is 12.0 Å². The third-order valence-corrected chi connectivity index (χ3v) is 3.43. The van der Waals surface area contributed by atoms with Crippen molar-refractivity contribution in [1.82, 2.24) is 10.9 Å². The van der Waals surface area contributed by atoms with E-state index in [2.05, 4.69) is 10.9 Å². The Morgan fingerprint density at radius 3 is 2.50 bits per heavy atom. The molecule has 0 aliphatic rings. The van der Waals surface area contributed by atoms with Crippen molar-refractivity contribution >= 4 is 40.4 Å². The van der Waals surface area contributed by atoms with Crippen molar-refractivity contribution in [2.24, 2.45) is 0 Å². The van der Waals surface area contributed by atoms with Crippen LogP contribution in [0.15, 0.2) is 18.2 Å². The van der Waals surface area contributed by atoms with Gasteiger partial charge < -0.3 is 9.47 Å². The van der Waals surface area contributed by atoms with Crippen LogP contribution in [0, 0.1) is 3.57 Å². The highest BCUT2D eigenvalue weighted by molar-refractivity contribution is 14.1. The Bertz CT molecular complexity index is 562. The number of ether oxygens (including phenoxy) is 2. The third kappa shape index (κ3) is 5.88. The Morgan fingerprint density at radius 2 is 1.91 bits per heavy atom. The second kappa shape index (κ2) is 9.23. The summed E-state index contributed by atoms with van der Waals surface area (Å²) in [6.07, 6.45) is -0.0881. The van der Waals surface area contributed by atoms with Gasteiger partial charge in [0.2, 0.25) is 5.91 Å². The van der Waals surface area contributed by atoms with Crippen LogP contribution in [0.1, 0.15) is 30.1 Å². The van der Waals surface area contributed by atoms with Crippen LogP contribution in [0.2, 0.25) is 0 Å². The molecule has 120 valence electrons. The molecule has 0 spiro atoms. The number of hydrazine groups is 1. The number of carbonyl (C=O) groups is 3. The van der Waals surface area contributed by atoms with E-state index in [9.17, 15) is 14.4 Å². The van der Waals surface area contributed by atoms with Crippen molar-refractivity contribution in [1.29, 1.82) is 0 Å². The van der Waals surface area contributed by atoms with Gasteiger partial charge in [-0.3, -0.25) is 25.2 Å². The van der Waals surface area contributed by atoms with E-state index in [-0.39, 0.29) is 19.4 Å². The Balaban J connectivity index is 2.44. The second-order valence-corrected chi connectivity index (χ2v) is 5.32. The molecule has 0 atom stereocenters. The minimum atomic E-state index is -0.468. The molecule has 0 aliphatic carbocycles. The van der Waals surface area contributed by atoms with Gasteiger partial charge >= 0.3 is 5.97 Å². The van der Waals surface area contributed by atoms with Gasteiger partial charge in [-0.1, -0.05) is 0 Å². The molecule has 0 aromatic heterocycles. The lowest BCUT2D eigenvalue weighted by molar-refractivity contribution is -0.144. The molecular weight excluding hydrogens is 403 g/mol. The van der Waals surface area contributed by atoms with Crippen molar-refractivity contribution in [3.8, 4) is 5.75 Å². The topological polar surface area (TPSA) is 93.7 Å². The molecule has 8 heteroatoms. The molecule has 1 aromatic carbocycles. The van der Waals surface area contributed by atoms with Gasteiger partial charge in [-0.05, 0) is 47.7 Å². The predicted molar refractivity (Wildman–Crippen MR) is 87.2 cm³/mol. The number of methoxy groups -OCH3 is 1. The van der Waals surface area contributed by atoms with Gasteiger partial charge in [-0.2, -0.15) is 0 Å². The second-order valence-electron chi connectivity index (χ2n) is 4.16. The average Bonchev–Trinajstić information content (AvgIpc) is 2.50. The first kappa shape index (κ1) is 18.2. The summed E-state index contributed by atoms with van der Waals surface area (Å²) >= 11 is 2.05. The lowest BCUT2D eigenvalue weighted by Gasteiger charge is -2.09. The van der Waals surface area contributed by atoms with E-state index in [1.165, 1.54) is 0 Å². The molecule has 0 aliphatic heterocycles. The number of rotatable bonds is 6. The van der Waals surface area contributed by atoms with Crippen LogP contribution in [0.25, 0.3) is 0 Å². The van der Waals surface area contributed by atoms with E-state index in [0.29, 0.717) is 11.3 Å². The number of amides is 2. The zero-order valence-electron chi connectivity index (χ0n) is 12.3. The van der Waals surface area contributed by atoms with E-state index in [4.69, 9.17) is 9.47 Å². The maximum atomic E-state index is 11.9. The van der Waals surface area contributed by atoms with E-state index >= 15 is 0 Å². The first-order valence-electron chi connectivity index (χ1n) is 6.56. The summed E-state index contributed by atoms with van der Waals surface area (Å²) in [6, 6.07) is 4.89. The molecule has 0 heterocycles. The standard InChI is InChI=1S/C14H17IN2O5/c1-3-22-13(19)7-6-12(18)16-17-14(20)9-4-5-11(21-2)10(15)8-9/h4-5,8H,3,6-7H2,1-2H3,(H,16,18)(H,17,20). The molecule has 1 rings (SSSR count). The SMILES string of the molecule is CCOC(=O)CCC(=O)NNC(=O)c1ccc(OC)c(I)c1. The number of carbonyl (C=O) groups excluding carboxylic acids is 3. The Kier molecular flexibility index (Phi) is 7.64. The normalized spacial score (nSPS) is 9.77. The molecular formula is C14H17IN2O5. The lowest BCUT2D eigenvalue weighted by Crippen LogP contribution is -2.41. The highest BCUT2D eigenvalue weighted by Gasteiger charge is 2.11. The van der Waals surface area contributed by atoms with E-state index in [1.54, 1.807) is 32.2 Å². The van der Waals surface area contributed by atoms with Gasteiger partial charge in [0.1, 0.15) is 5.75 Å². The Hall–Kier alpha value is -1.84. The summed E-state index contributed by atoms with van der Waals surface area (Å²) < 4.78 is 10.6. The van der Waals surface area contributed by atoms with Gasteiger partial charge in [0.05, 0.1) is 23.7 Å². The third-order valence-electron chi connectivity index (χ3n) is 2.59. The largest absolute Gasteiger partial charge is 0.496 e. The summed E-state index contributed by atoms with van der Waals surface area (Å²) in [5.41, 5.74) is 4.92. The van der Waals surface area contributed by atoms with Crippen molar-refractivity contribution < 1.29 is 23.9 Å². The van der Waals surface area contributed by atoms with Crippen LogP contribution < -0.4 is 15.6 Å². The highest BCUT2D eigenvalue weighted by Crippen LogP contribution is 2.21. The summed E-state index contributed by atoms with van der Waals surface area (Å²) in [5, 5.41) is 0. The highest BCUT2D eigenvalue weighted by atomic mass is 127. The molecule has 0 unspecified atom stereocenters. The number of benzene rings is 1. The molecule has 1 aromatic rings. The fraction of sp³-hybridized carbons (Fsp3) is 0.357. The van der Waals surface area contributed by atoms with Gasteiger partial charge in [0.15, 0.2) is 0 Å². The minimum Gasteiger partial charge on any atom is -0.496 e. The summed E-state index contributed by atoms with van der Waals surface area (Å²) in [4.78, 5) is 34.5. The first-order chi connectivity index (χ1) is 10.5. The fourth-order valence-corrected chi connectivity index (χ4v) is 2.25. The molecule has 0 bridgehead atoms. The van der Waals surface area contributed by atoms with Crippen molar-refractivity contribution in [3.63, 3.8) is 0 Å². The quantitative estimate of drug-likeness (QED) is 0.413. The summed E-state index contributed by atoms with van der Waals surface area (Å²) in [7, 11) is 1.54. The average molecular weight is 420 g/mol. The van der Waals surface area contributed by atoms with E-state index < -0.39 is 17.8 Å². The van der Waals surface area contributed by atoms with Crippen LogP contribution in [-0.4, -0.2) is 31.5 Å². The minimum absolute atomic E-state index is 0.0318. The molecule has 0 fully saturated rings. The van der Waals surface area contributed by atoms with Crippen LogP contribution in [-0.2, 0) is 14.3 Å². The van der Waals surface area contributed by atoms with E-state index in [1.807, 2.05) is 22.6 Å². The van der Waals surface area contributed by atoms with E-state index in [0.717, 1.165) is 3.57 Å². The molecule has 7 nitrogen and oxygen atoms in total. The monoisotopic (exact) mass is 420 g/mol. The molecule has 2 N–H and O–H groups in total. The smallest absolute Gasteiger partial charge is 0.306 e.